The molecule has 15 heavy (non-hydrogen) atoms. The Balaban J connectivity index is 3.80. The lowest BCUT2D eigenvalue weighted by Crippen LogP contribution is -2.26. The topological polar surface area (TPSA) is 78.9 Å². The molecule has 0 saturated carbocycles. The third kappa shape index (κ3) is 5.66. The van der Waals surface area contributed by atoms with Crippen LogP contribution in [0.4, 0.5) is 0 Å². The molecule has 0 aliphatic carbocycles. The third-order valence-electron chi connectivity index (χ3n) is 1.63. The molecule has 6 heteroatoms. The van der Waals surface area contributed by atoms with Crippen molar-refractivity contribution < 1.29 is 28.6 Å². The van der Waals surface area contributed by atoms with Crippen molar-refractivity contribution in [2.75, 3.05) is 13.7 Å². The highest BCUT2D eigenvalue weighted by Crippen LogP contribution is 2.00. The predicted molar refractivity (Wildman–Crippen MR) is 48.8 cm³/mol. The summed E-state index contributed by atoms with van der Waals surface area (Å²) in [6, 6.07) is 0. The standard InChI is InChI=1S/C9H14O6/c1-3-7(15-6-10)9(12)14-5-4-8(11)13-2/h6-7H,3-5H2,1-2H3. The summed E-state index contributed by atoms with van der Waals surface area (Å²) in [5.74, 6) is -1.12. The monoisotopic (exact) mass is 218 g/mol. The van der Waals surface area contributed by atoms with E-state index in [0.29, 0.717) is 6.42 Å². The van der Waals surface area contributed by atoms with Crippen molar-refractivity contribution in [2.24, 2.45) is 0 Å². The lowest BCUT2D eigenvalue weighted by Gasteiger charge is -2.11. The molecule has 0 spiro atoms. The molecule has 6 nitrogen and oxygen atoms in total. The molecule has 86 valence electrons. The number of carbonyl (C=O) groups excluding carboxylic acids is 3. The number of esters is 2. The van der Waals surface area contributed by atoms with E-state index in [0.717, 1.165) is 0 Å². The smallest absolute Gasteiger partial charge is 0.347 e. The van der Waals surface area contributed by atoms with Gasteiger partial charge in [0.05, 0.1) is 13.5 Å². The predicted octanol–water partition coefficient (Wildman–Crippen LogP) is 0.0443. The quantitative estimate of drug-likeness (QED) is 0.341. The highest BCUT2D eigenvalue weighted by Gasteiger charge is 2.19. The van der Waals surface area contributed by atoms with Gasteiger partial charge in [-0.05, 0) is 6.42 Å². The minimum absolute atomic E-state index is 0.0141. The minimum Gasteiger partial charge on any atom is -0.469 e. The van der Waals surface area contributed by atoms with Gasteiger partial charge in [-0.15, -0.1) is 0 Å². The van der Waals surface area contributed by atoms with Gasteiger partial charge >= 0.3 is 11.9 Å². The van der Waals surface area contributed by atoms with Crippen LogP contribution in [0.15, 0.2) is 0 Å². The van der Waals surface area contributed by atoms with Crippen molar-refractivity contribution in [3.05, 3.63) is 0 Å². The van der Waals surface area contributed by atoms with Gasteiger partial charge in [0.15, 0.2) is 6.10 Å². The zero-order chi connectivity index (χ0) is 11.7. The van der Waals surface area contributed by atoms with Gasteiger partial charge in [-0.3, -0.25) is 9.59 Å². The molecule has 0 aromatic carbocycles. The Morgan fingerprint density at radius 1 is 1.40 bits per heavy atom. The van der Waals surface area contributed by atoms with Crippen LogP contribution in [-0.4, -0.2) is 38.2 Å². The SMILES string of the molecule is CCC(OC=O)C(=O)OCCC(=O)OC. The summed E-state index contributed by atoms with van der Waals surface area (Å²) in [5.41, 5.74) is 0. The molecular formula is C9H14O6. The molecule has 0 radical (unpaired) electrons. The maximum absolute atomic E-state index is 11.2. The van der Waals surface area contributed by atoms with Crippen LogP contribution in [0.3, 0.4) is 0 Å². The lowest BCUT2D eigenvalue weighted by atomic mass is 10.3. The van der Waals surface area contributed by atoms with E-state index in [-0.39, 0.29) is 19.5 Å². The van der Waals surface area contributed by atoms with Crippen molar-refractivity contribution in [3.8, 4) is 0 Å². The molecule has 0 bridgehead atoms. The molecule has 0 saturated heterocycles. The van der Waals surface area contributed by atoms with Gasteiger partial charge in [0.2, 0.25) is 0 Å². The number of carbonyl (C=O) groups is 3. The van der Waals surface area contributed by atoms with Crippen LogP contribution in [0, 0.1) is 0 Å². The van der Waals surface area contributed by atoms with E-state index in [4.69, 9.17) is 4.74 Å². The Morgan fingerprint density at radius 3 is 2.53 bits per heavy atom. The summed E-state index contributed by atoms with van der Waals surface area (Å²) >= 11 is 0. The van der Waals surface area contributed by atoms with Gasteiger partial charge < -0.3 is 14.2 Å². The highest BCUT2D eigenvalue weighted by molar-refractivity contribution is 5.76. The summed E-state index contributed by atoms with van der Waals surface area (Å²) in [7, 11) is 1.24. The van der Waals surface area contributed by atoms with Gasteiger partial charge in [0.25, 0.3) is 6.47 Å². The molecule has 0 N–H and O–H groups in total. The number of hydrogen-bond donors (Lipinski definition) is 0. The largest absolute Gasteiger partial charge is 0.469 e. The molecule has 0 aliphatic heterocycles. The van der Waals surface area contributed by atoms with Crippen LogP contribution in [0.5, 0.6) is 0 Å². The third-order valence-corrected chi connectivity index (χ3v) is 1.63. The number of ether oxygens (including phenoxy) is 3. The number of hydrogen-bond acceptors (Lipinski definition) is 6. The Labute approximate surface area is 87.5 Å². The van der Waals surface area contributed by atoms with Crippen LogP contribution in [0.25, 0.3) is 0 Å². The molecular weight excluding hydrogens is 204 g/mol. The van der Waals surface area contributed by atoms with Crippen molar-refractivity contribution in [1.82, 2.24) is 0 Å². The first-order chi connectivity index (χ1) is 7.15. The van der Waals surface area contributed by atoms with Crippen molar-refractivity contribution in [2.45, 2.75) is 25.9 Å². The maximum atomic E-state index is 11.2. The average molecular weight is 218 g/mol. The lowest BCUT2D eigenvalue weighted by molar-refractivity contribution is -0.162. The summed E-state index contributed by atoms with van der Waals surface area (Å²) in [4.78, 5) is 31.8. The maximum Gasteiger partial charge on any atom is 0.347 e. The van der Waals surface area contributed by atoms with E-state index in [1.54, 1.807) is 6.92 Å². The van der Waals surface area contributed by atoms with Gasteiger partial charge in [-0.2, -0.15) is 0 Å². The molecule has 0 heterocycles. The summed E-state index contributed by atoms with van der Waals surface area (Å²) in [5, 5.41) is 0. The van der Waals surface area contributed by atoms with E-state index in [1.165, 1.54) is 7.11 Å². The van der Waals surface area contributed by atoms with E-state index in [9.17, 15) is 14.4 Å². The van der Waals surface area contributed by atoms with Gasteiger partial charge in [-0.25, -0.2) is 4.79 Å². The van der Waals surface area contributed by atoms with Crippen molar-refractivity contribution >= 4 is 18.4 Å². The van der Waals surface area contributed by atoms with E-state index >= 15 is 0 Å². The average Bonchev–Trinajstić information content (AvgIpc) is 2.25. The zero-order valence-electron chi connectivity index (χ0n) is 8.73. The summed E-state index contributed by atoms with van der Waals surface area (Å²) in [6.45, 7) is 1.79. The Bertz CT molecular complexity index is 225. The zero-order valence-corrected chi connectivity index (χ0v) is 8.73. The number of methoxy groups -OCH3 is 1. The summed E-state index contributed by atoms with van der Waals surface area (Å²) in [6.07, 6.45) is -0.588. The van der Waals surface area contributed by atoms with E-state index in [2.05, 4.69) is 9.47 Å². The van der Waals surface area contributed by atoms with Gasteiger partial charge in [0, 0.05) is 0 Å². The molecule has 1 unspecified atom stereocenters. The fourth-order valence-electron chi connectivity index (χ4n) is 0.815. The second kappa shape index (κ2) is 7.78. The second-order valence-corrected chi connectivity index (χ2v) is 2.62. The fraction of sp³-hybridized carbons (Fsp3) is 0.667. The van der Waals surface area contributed by atoms with Crippen LogP contribution < -0.4 is 0 Å². The molecule has 1 atom stereocenters. The van der Waals surface area contributed by atoms with Crippen LogP contribution in [0.1, 0.15) is 19.8 Å². The fourth-order valence-corrected chi connectivity index (χ4v) is 0.815. The van der Waals surface area contributed by atoms with Crippen LogP contribution in [-0.2, 0) is 28.6 Å². The molecule has 0 rings (SSSR count). The van der Waals surface area contributed by atoms with Gasteiger partial charge in [-0.1, -0.05) is 6.92 Å². The first-order valence-corrected chi connectivity index (χ1v) is 4.48. The Morgan fingerprint density at radius 2 is 2.07 bits per heavy atom. The molecule has 0 amide bonds. The van der Waals surface area contributed by atoms with E-state index < -0.39 is 18.0 Å². The highest BCUT2D eigenvalue weighted by atomic mass is 16.6. The summed E-state index contributed by atoms with van der Waals surface area (Å²) < 4.78 is 13.5. The number of rotatable bonds is 7. The van der Waals surface area contributed by atoms with Crippen LogP contribution in [0.2, 0.25) is 0 Å². The molecule has 0 fully saturated rings. The van der Waals surface area contributed by atoms with Gasteiger partial charge in [0.1, 0.15) is 6.61 Å². The first kappa shape index (κ1) is 13.4. The first-order valence-electron chi connectivity index (χ1n) is 4.48. The Hall–Kier alpha value is -1.59. The second-order valence-electron chi connectivity index (χ2n) is 2.62. The molecule has 0 aliphatic rings. The van der Waals surface area contributed by atoms with Crippen molar-refractivity contribution in [3.63, 3.8) is 0 Å². The van der Waals surface area contributed by atoms with Crippen molar-refractivity contribution in [1.29, 1.82) is 0 Å². The minimum atomic E-state index is -0.903. The normalized spacial score (nSPS) is 11.3. The van der Waals surface area contributed by atoms with E-state index in [1.807, 2.05) is 0 Å². The van der Waals surface area contributed by atoms with Crippen LogP contribution >= 0.6 is 0 Å². The molecule has 0 aromatic heterocycles. The molecule has 0 aromatic rings. The Kier molecular flexibility index (Phi) is 6.96.